The van der Waals surface area contributed by atoms with Crippen molar-refractivity contribution in [3.05, 3.63) is 58.2 Å². The summed E-state index contributed by atoms with van der Waals surface area (Å²) in [7, 11) is 0. The number of hydrogen-bond donors (Lipinski definition) is 1. The van der Waals surface area contributed by atoms with Crippen molar-refractivity contribution in [3.63, 3.8) is 0 Å². The first-order valence-corrected chi connectivity index (χ1v) is 9.61. The Labute approximate surface area is 159 Å². The Bertz CT molecular complexity index is 851. The highest BCUT2D eigenvalue weighted by molar-refractivity contribution is 6.06. The molecule has 0 saturated heterocycles. The van der Waals surface area contributed by atoms with Crippen molar-refractivity contribution in [1.82, 2.24) is 5.32 Å². The highest BCUT2D eigenvalue weighted by atomic mass is 19.1. The van der Waals surface area contributed by atoms with Crippen LogP contribution >= 0.6 is 0 Å². The van der Waals surface area contributed by atoms with Crippen LogP contribution in [0.1, 0.15) is 64.9 Å². The molecule has 0 aromatic heterocycles. The quantitative estimate of drug-likeness (QED) is 0.776. The fraction of sp³-hybridized carbons (Fsp3) is 0.478. The molecule has 0 radical (unpaired) electrons. The van der Waals surface area contributed by atoms with Gasteiger partial charge in [0.1, 0.15) is 5.82 Å². The van der Waals surface area contributed by atoms with Crippen LogP contribution in [0.25, 0.3) is 0 Å². The molecule has 1 N–H and O–H groups in total. The molecular formula is C23H26FNO2. The second-order valence-corrected chi connectivity index (χ2v) is 9.78. The second-order valence-electron chi connectivity index (χ2n) is 9.78. The summed E-state index contributed by atoms with van der Waals surface area (Å²) in [4.78, 5) is 26.2. The van der Waals surface area contributed by atoms with Gasteiger partial charge in [0.25, 0.3) is 0 Å². The first-order chi connectivity index (χ1) is 12.6. The number of Topliss-reactive ketones (excluding diaryl/α,β-unsaturated/α-hetero) is 2. The van der Waals surface area contributed by atoms with Crippen LogP contribution in [-0.2, 0) is 9.59 Å². The van der Waals surface area contributed by atoms with Gasteiger partial charge >= 0.3 is 0 Å². The zero-order chi connectivity index (χ0) is 19.6. The van der Waals surface area contributed by atoms with Gasteiger partial charge in [0, 0.05) is 41.3 Å². The first-order valence-electron chi connectivity index (χ1n) is 9.61. The highest BCUT2D eigenvalue weighted by Gasteiger charge is 2.46. The maximum atomic E-state index is 13.5. The molecule has 0 spiro atoms. The Balaban J connectivity index is 1.90. The van der Waals surface area contributed by atoms with E-state index in [0.717, 1.165) is 29.8 Å². The summed E-state index contributed by atoms with van der Waals surface area (Å²) in [5.74, 6) is -0.521. The molecule has 0 unspecified atom stereocenters. The Morgan fingerprint density at radius 1 is 0.815 bits per heavy atom. The molecular weight excluding hydrogens is 341 g/mol. The minimum absolute atomic E-state index is 0.0901. The third kappa shape index (κ3) is 3.15. The summed E-state index contributed by atoms with van der Waals surface area (Å²) >= 11 is 0. The number of carbonyl (C=O) groups is 2. The van der Waals surface area contributed by atoms with Crippen LogP contribution in [0.3, 0.4) is 0 Å². The molecule has 0 saturated carbocycles. The molecule has 4 rings (SSSR count). The van der Waals surface area contributed by atoms with Gasteiger partial charge in [-0.05, 0) is 41.4 Å². The molecule has 0 fully saturated rings. The molecule has 2 aliphatic carbocycles. The van der Waals surface area contributed by atoms with Crippen LogP contribution in [0.2, 0.25) is 0 Å². The predicted octanol–water partition coefficient (Wildman–Crippen LogP) is 4.80. The normalized spacial score (nSPS) is 24.5. The van der Waals surface area contributed by atoms with Gasteiger partial charge in [-0.25, -0.2) is 4.39 Å². The Kier molecular flexibility index (Phi) is 3.95. The van der Waals surface area contributed by atoms with E-state index in [1.165, 1.54) is 12.1 Å². The van der Waals surface area contributed by atoms with E-state index in [1.54, 1.807) is 12.1 Å². The number of hydrogen-bond acceptors (Lipinski definition) is 3. The number of benzene rings is 1. The molecule has 27 heavy (non-hydrogen) atoms. The Morgan fingerprint density at radius 2 is 1.26 bits per heavy atom. The van der Waals surface area contributed by atoms with E-state index in [-0.39, 0.29) is 34.1 Å². The van der Waals surface area contributed by atoms with Gasteiger partial charge in [0.15, 0.2) is 11.6 Å². The van der Waals surface area contributed by atoms with E-state index < -0.39 is 0 Å². The van der Waals surface area contributed by atoms with Gasteiger partial charge in [0.2, 0.25) is 0 Å². The maximum absolute atomic E-state index is 13.5. The Morgan fingerprint density at radius 3 is 1.70 bits per heavy atom. The van der Waals surface area contributed by atoms with Crippen molar-refractivity contribution < 1.29 is 14.0 Å². The predicted molar refractivity (Wildman–Crippen MR) is 102 cm³/mol. The molecule has 1 aromatic rings. The third-order valence-electron chi connectivity index (χ3n) is 5.92. The van der Waals surface area contributed by atoms with Gasteiger partial charge in [-0.15, -0.1) is 0 Å². The lowest BCUT2D eigenvalue weighted by atomic mass is 9.64. The molecule has 1 heterocycles. The average molecular weight is 367 g/mol. The molecule has 142 valence electrons. The van der Waals surface area contributed by atoms with E-state index in [2.05, 4.69) is 33.0 Å². The molecule has 0 bridgehead atoms. The molecule has 1 aliphatic heterocycles. The van der Waals surface area contributed by atoms with E-state index >= 15 is 0 Å². The van der Waals surface area contributed by atoms with Crippen molar-refractivity contribution in [1.29, 1.82) is 0 Å². The van der Waals surface area contributed by atoms with Crippen LogP contribution in [-0.4, -0.2) is 11.6 Å². The zero-order valence-corrected chi connectivity index (χ0v) is 16.4. The lowest BCUT2D eigenvalue weighted by Gasteiger charge is -2.44. The summed E-state index contributed by atoms with van der Waals surface area (Å²) in [5, 5.41) is 3.48. The van der Waals surface area contributed by atoms with Crippen LogP contribution in [0.4, 0.5) is 4.39 Å². The summed E-state index contributed by atoms with van der Waals surface area (Å²) in [5.41, 5.74) is 3.88. The molecule has 1 aromatic carbocycles. The monoisotopic (exact) mass is 367 g/mol. The van der Waals surface area contributed by atoms with Crippen LogP contribution in [0.5, 0.6) is 0 Å². The lowest BCUT2D eigenvalue weighted by Crippen LogP contribution is -2.42. The smallest absolute Gasteiger partial charge is 0.162 e. The van der Waals surface area contributed by atoms with Gasteiger partial charge in [-0.2, -0.15) is 0 Å². The molecule has 3 nitrogen and oxygen atoms in total. The van der Waals surface area contributed by atoms with Gasteiger partial charge in [-0.1, -0.05) is 39.8 Å². The number of rotatable bonds is 1. The van der Waals surface area contributed by atoms with E-state index in [1.807, 2.05) is 0 Å². The molecule has 3 aliphatic rings. The van der Waals surface area contributed by atoms with E-state index in [9.17, 15) is 14.0 Å². The fourth-order valence-electron chi connectivity index (χ4n) is 4.88. The number of carbonyl (C=O) groups excluding carboxylic acids is 2. The second kappa shape index (κ2) is 5.88. The van der Waals surface area contributed by atoms with Crippen LogP contribution in [0, 0.1) is 16.6 Å². The zero-order valence-electron chi connectivity index (χ0n) is 16.4. The topological polar surface area (TPSA) is 46.2 Å². The summed E-state index contributed by atoms with van der Waals surface area (Å²) in [6.45, 7) is 8.40. The van der Waals surface area contributed by atoms with Gasteiger partial charge in [0.05, 0.1) is 0 Å². The van der Waals surface area contributed by atoms with Crippen LogP contribution in [0.15, 0.2) is 46.8 Å². The van der Waals surface area contributed by atoms with Crippen molar-refractivity contribution in [2.75, 3.05) is 0 Å². The summed E-state index contributed by atoms with van der Waals surface area (Å²) in [6, 6.07) is 6.24. The van der Waals surface area contributed by atoms with Crippen LogP contribution < -0.4 is 5.32 Å². The number of halogens is 1. The SMILES string of the molecule is CC1(C)CC(=O)C2=C(C1)NC1=C(C(=O)CC(C)(C)C1)C2c1ccc(F)cc1. The number of nitrogens with one attached hydrogen (secondary N) is 1. The highest BCUT2D eigenvalue weighted by Crippen LogP contribution is 2.50. The molecule has 0 amide bonds. The number of dihydropyridines is 1. The first kappa shape index (κ1) is 18.1. The minimum Gasteiger partial charge on any atom is -0.362 e. The number of ketones is 2. The van der Waals surface area contributed by atoms with Crippen molar-refractivity contribution in [2.45, 2.75) is 59.3 Å². The van der Waals surface area contributed by atoms with Crippen molar-refractivity contribution in [2.24, 2.45) is 10.8 Å². The Hall–Kier alpha value is -2.23. The third-order valence-corrected chi connectivity index (χ3v) is 5.92. The van der Waals surface area contributed by atoms with E-state index in [4.69, 9.17) is 0 Å². The number of allylic oxidation sites excluding steroid dienone is 4. The minimum atomic E-state index is -0.385. The summed E-state index contributed by atoms with van der Waals surface area (Å²) in [6.07, 6.45) is 2.48. The van der Waals surface area contributed by atoms with E-state index in [0.29, 0.717) is 24.0 Å². The largest absolute Gasteiger partial charge is 0.362 e. The van der Waals surface area contributed by atoms with Gasteiger partial charge < -0.3 is 5.32 Å². The average Bonchev–Trinajstić information content (AvgIpc) is 2.51. The lowest BCUT2D eigenvalue weighted by molar-refractivity contribution is -0.119. The molecule has 4 heteroatoms. The maximum Gasteiger partial charge on any atom is 0.162 e. The van der Waals surface area contributed by atoms with Crippen molar-refractivity contribution >= 4 is 11.6 Å². The van der Waals surface area contributed by atoms with Crippen molar-refractivity contribution in [3.8, 4) is 0 Å². The standard InChI is InChI=1S/C23H26FNO2/c1-22(2)9-15-20(17(26)11-22)19(13-5-7-14(24)8-6-13)21-16(25-15)10-23(3,4)12-18(21)27/h5-8,19,25H,9-12H2,1-4H3. The fourth-order valence-corrected chi connectivity index (χ4v) is 4.88. The summed E-state index contributed by atoms with van der Waals surface area (Å²) < 4.78 is 13.5. The van der Waals surface area contributed by atoms with Gasteiger partial charge in [-0.3, -0.25) is 9.59 Å². The molecule has 0 atom stereocenters.